The number of nitro benzene ring substituents is 3. The molecule has 10 N–H and O–H groups in total. The summed E-state index contributed by atoms with van der Waals surface area (Å²) in [5.41, 5.74) is -0.0494. The number of halogens is 2. The molecule has 0 fully saturated rings. The SMILES string of the molecule is CN(C(=O)CS)N(C)C(=O)CSc1ccc([N+](=O)[O-])cc1C(=O)[O-].CN(C)c1ccc(Sc2ccc([N+](=O)[O-])cc2C(=O)[O-])cc1.CN(C)c1cccc(C(=O)Nc2cccc([N+](=O)[O-])c2)c1C(=O)[O-].O=C([O-])c1cccc(O)c1SC(O)C(O)CS.O=C1OC(C(O)C[n+]2ccc(-c3cc[n+](CC(O)C4OC(=O)C(O)=C4O)cc3)cc2)C(O)=C1O.[Br-].[Br-].[K+].[K+].[K+].[K+]. The molecule has 127 heavy (non-hydrogen) atoms. The van der Waals surface area contributed by atoms with Gasteiger partial charge in [-0.05, 0) is 71.8 Å². The number of hydrogen-bond acceptors (Lipinski definition) is 37. The minimum Gasteiger partial charge on any atom is -1.00 e. The first-order valence-corrected chi connectivity index (χ1v) is 38.4. The number of pyridine rings is 2. The summed E-state index contributed by atoms with van der Waals surface area (Å²) in [4.78, 5) is 138. The number of anilines is 3. The molecule has 656 valence electrons. The second-order valence-corrected chi connectivity index (χ2v) is 29.3. The largest absolute Gasteiger partial charge is 1.00 e. The van der Waals surface area contributed by atoms with Crippen molar-refractivity contribution in [3.63, 3.8) is 0 Å². The molecule has 0 saturated heterocycles. The number of carbonyl (C=O) groups excluding carboxylic acids is 9. The monoisotopic (exact) mass is 2080 g/mol. The third-order valence-electron chi connectivity index (χ3n) is 16.8. The molecular formula is C76H74Br2K4N10O30S5. The number of ether oxygens (including phenoxy) is 2. The van der Waals surface area contributed by atoms with Gasteiger partial charge in [0.15, 0.2) is 73.8 Å². The number of cyclic esters (lactones) is 2. The number of thiol groups is 2. The van der Waals surface area contributed by atoms with Crippen molar-refractivity contribution < 1.29 is 382 Å². The van der Waals surface area contributed by atoms with Gasteiger partial charge in [0.05, 0.1) is 66.7 Å². The zero-order chi connectivity index (χ0) is 90.1. The van der Waals surface area contributed by atoms with Crippen molar-refractivity contribution in [2.45, 2.75) is 68.6 Å². The number of nitrogens with zero attached hydrogens (tertiary/aromatic N) is 9. The maximum atomic E-state index is 12.4. The summed E-state index contributed by atoms with van der Waals surface area (Å²) in [6.45, 7) is -0.0182. The van der Waals surface area contributed by atoms with E-state index >= 15 is 0 Å². The van der Waals surface area contributed by atoms with Crippen molar-refractivity contribution >= 4 is 148 Å². The van der Waals surface area contributed by atoms with E-state index < -0.39 is 121 Å². The van der Waals surface area contributed by atoms with Gasteiger partial charge in [-0.25, -0.2) is 18.7 Å². The predicted molar refractivity (Wildman–Crippen MR) is 429 cm³/mol. The minimum absolute atomic E-state index is 0. The second-order valence-electron chi connectivity index (χ2n) is 25.4. The molecule has 6 unspecified atom stereocenters. The van der Waals surface area contributed by atoms with Gasteiger partial charge in [0, 0.05) is 163 Å². The Morgan fingerprint density at radius 3 is 1.35 bits per heavy atom. The summed E-state index contributed by atoms with van der Waals surface area (Å²) >= 11 is 10.4. The molecule has 0 bridgehead atoms. The Kier molecular flexibility index (Phi) is 55.6. The van der Waals surface area contributed by atoms with Gasteiger partial charge in [-0.1, -0.05) is 47.8 Å². The average Bonchev–Trinajstić information content (AvgIpc) is 1.10. The number of rotatable bonds is 28. The Labute approximate surface area is 937 Å². The Balaban J connectivity index is 0.00000157. The number of benzene rings is 6. The van der Waals surface area contributed by atoms with E-state index in [9.17, 15) is 140 Å². The number of amides is 3. The van der Waals surface area contributed by atoms with Crippen molar-refractivity contribution in [1.82, 2.24) is 10.0 Å². The van der Waals surface area contributed by atoms with E-state index in [1.807, 2.05) is 43.3 Å². The number of carboxylic acid groups (broad SMARTS) is 4. The predicted octanol–water partition coefficient (Wildman–Crippen LogP) is -16.1. The van der Waals surface area contributed by atoms with Crippen LogP contribution >= 0.6 is 60.5 Å². The molecule has 8 aromatic rings. The Bertz CT molecular complexity index is 5210. The summed E-state index contributed by atoms with van der Waals surface area (Å²) in [6, 6.07) is 35.3. The van der Waals surface area contributed by atoms with Crippen LogP contribution in [0.25, 0.3) is 11.1 Å². The normalized spacial score (nSPS) is 13.4. The number of hydrazine groups is 1. The maximum absolute atomic E-state index is 12.4. The van der Waals surface area contributed by atoms with E-state index in [1.165, 1.54) is 92.6 Å². The first kappa shape index (κ1) is 121. The number of aliphatic hydroxyl groups is 8. The van der Waals surface area contributed by atoms with Crippen molar-refractivity contribution in [3.8, 4) is 16.9 Å². The molecule has 40 nitrogen and oxygen atoms in total. The van der Waals surface area contributed by atoms with E-state index in [0.717, 1.165) is 61.7 Å². The zero-order valence-electron chi connectivity index (χ0n) is 68.7. The molecule has 2 aliphatic heterocycles. The van der Waals surface area contributed by atoms with Gasteiger partial charge in [-0.15, -0.1) is 11.8 Å². The molecule has 0 saturated carbocycles. The fourth-order valence-corrected chi connectivity index (χ4v) is 13.7. The van der Waals surface area contributed by atoms with Crippen LogP contribution in [-0.4, -0.2) is 220 Å². The maximum Gasteiger partial charge on any atom is 1.00 e. The number of nitrogens with one attached hydrogen (secondary N) is 1. The number of hydrogen-bond donors (Lipinski definition) is 12. The van der Waals surface area contributed by atoms with Gasteiger partial charge in [-0.3, -0.25) is 54.7 Å². The summed E-state index contributed by atoms with van der Waals surface area (Å²) in [5, 5.41) is 168. The van der Waals surface area contributed by atoms with Crippen LogP contribution in [0.1, 0.15) is 51.8 Å². The topological polar surface area (TPSA) is 609 Å². The number of phenolic OH excluding ortho intramolecular Hbond substituents is 1. The first-order chi connectivity index (χ1) is 57.0. The van der Waals surface area contributed by atoms with Gasteiger partial charge < -0.3 is 144 Å². The van der Waals surface area contributed by atoms with E-state index in [2.05, 4.69) is 30.6 Å². The molecule has 2 aliphatic rings. The van der Waals surface area contributed by atoms with E-state index in [1.54, 1.807) is 89.3 Å². The van der Waals surface area contributed by atoms with Crippen LogP contribution in [0.2, 0.25) is 0 Å². The summed E-state index contributed by atoms with van der Waals surface area (Å²) in [7, 11) is 9.92. The van der Waals surface area contributed by atoms with Crippen molar-refractivity contribution in [1.29, 1.82) is 0 Å². The van der Waals surface area contributed by atoms with Crippen LogP contribution in [0, 0.1) is 30.3 Å². The Morgan fingerprint density at radius 1 is 0.520 bits per heavy atom. The van der Waals surface area contributed by atoms with Gasteiger partial charge in [-0.2, -0.15) is 25.3 Å². The van der Waals surface area contributed by atoms with Gasteiger partial charge in [0.25, 0.3) is 34.8 Å². The smallest absolute Gasteiger partial charge is 1.00 e. The summed E-state index contributed by atoms with van der Waals surface area (Å²) < 4.78 is 12.7. The molecular weight excluding hydrogens is 2010 g/mol. The average molecular weight is 2080 g/mol. The molecule has 4 heterocycles. The van der Waals surface area contributed by atoms with E-state index in [4.69, 9.17) is 9.47 Å². The minimum atomic E-state index is -1.58. The van der Waals surface area contributed by atoms with Crippen LogP contribution < -0.4 is 284 Å². The van der Waals surface area contributed by atoms with E-state index in [-0.39, 0.29) is 342 Å². The molecule has 3 amide bonds. The van der Waals surface area contributed by atoms with Crippen LogP contribution in [0.4, 0.5) is 34.1 Å². The van der Waals surface area contributed by atoms with E-state index in [0.29, 0.717) is 22.3 Å². The number of esters is 2. The molecule has 6 atom stereocenters. The van der Waals surface area contributed by atoms with Crippen LogP contribution in [0.5, 0.6) is 5.75 Å². The van der Waals surface area contributed by atoms with Crippen molar-refractivity contribution in [3.05, 3.63) is 252 Å². The van der Waals surface area contributed by atoms with Crippen LogP contribution in [0.3, 0.4) is 0 Å². The third kappa shape index (κ3) is 35.6. The molecule has 0 aliphatic carbocycles. The Hall–Kier alpha value is -5.77. The molecule has 0 spiro atoms. The number of thioether (sulfide) groups is 2. The van der Waals surface area contributed by atoms with Gasteiger partial charge >= 0.3 is 217 Å². The van der Waals surface area contributed by atoms with Gasteiger partial charge in [0.1, 0.15) is 11.2 Å². The van der Waals surface area contributed by atoms with Gasteiger partial charge in [0.2, 0.25) is 11.5 Å². The number of carboxylic acids is 4. The summed E-state index contributed by atoms with van der Waals surface area (Å²) in [5.74, 6) is -13.4. The number of phenols is 1. The second kappa shape index (κ2) is 58.3. The van der Waals surface area contributed by atoms with Crippen LogP contribution in [-0.2, 0) is 41.7 Å². The molecule has 2 aromatic heterocycles. The Morgan fingerprint density at radius 2 is 0.945 bits per heavy atom. The summed E-state index contributed by atoms with van der Waals surface area (Å²) in [6.07, 6.45) is 0.352. The zero-order valence-corrected chi connectivity index (χ0v) is 88.6. The number of aromatic hydroxyl groups is 1. The number of nitro groups is 3. The van der Waals surface area contributed by atoms with Crippen LogP contribution in [0.15, 0.2) is 213 Å². The number of non-ortho nitro benzene ring substituents is 3. The number of aliphatic hydroxyl groups excluding tert-OH is 8. The molecule has 10 rings (SSSR count). The van der Waals surface area contributed by atoms with Crippen molar-refractivity contribution in [2.24, 2.45) is 0 Å². The molecule has 0 radical (unpaired) electrons. The number of carbonyl (C=O) groups is 9. The quantitative estimate of drug-likeness (QED) is 0.00317. The molecule has 6 aromatic carbocycles. The number of aromatic nitrogens is 2. The third-order valence-corrected chi connectivity index (χ3v) is 20.8. The number of aromatic carboxylic acids is 4. The standard InChI is InChI=1S/C22H20N2O10.C16H15N3O5.C15H14N2O4S.C13H15N3O6S2.C10H12O5S2.2BrH.4K/c25-13(19-15(27)17(29)21(31)33-19)9-23-5-1-11(2-6-23)12-3-7-24(8-4-12)10-14(26)20-16(28)18(30)22(32)34-20;1-18(2)13-8-4-7-12(14(13)16(21)22)15(20)17-10-5-3-6-11(9-10)19(23)24;1-16(2)10-3-6-12(7-4-10)22-14-8-5-11(17(20)21)9-13(14)15(18)19;1-14(11(17)6-23)15(2)12(18)7-24-10-4-3-8(16(21)22)5-9(10)13(19)20;11-6-3-1-2-5(9(13)14)8(6)17-10(15)7(12)4-16;;;;;;/h1-8,13-14,19-20,25-26H,9-10H2,(H2,27,28,29,30,31,32);3-9H,1-2H3,(H,17,20)(H,21,22);3-9H,1-2H3,(H,18,19);3-5,23H,6-7H2,1-2H3,(H,19,20);1-3,7,10-12,15-16H,4H2,(H,13,14);2*1H;;;;/q;;;;;;;4*+1/p-4. The fraction of sp³-hybridized carbons (Fsp3) is 0.224. The van der Waals surface area contributed by atoms with Crippen molar-refractivity contribution in [2.75, 3.05) is 74.7 Å². The fourth-order valence-electron chi connectivity index (χ4n) is 10.3. The molecule has 51 heteroatoms. The first-order valence-electron chi connectivity index (χ1n) is 34.5.